The van der Waals surface area contributed by atoms with E-state index in [1.54, 1.807) is 6.07 Å². The Labute approximate surface area is 122 Å². The summed E-state index contributed by atoms with van der Waals surface area (Å²) in [4.78, 5) is 11.7. The Hall–Kier alpha value is -1.56. The maximum atomic E-state index is 12.6. The Balaban J connectivity index is 2.79. The molecule has 0 aliphatic carbocycles. The summed E-state index contributed by atoms with van der Waals surface area (Å²) in [5.41, 5.74) is -0.220. The number of esters is 1. The summed E-state index contributed by atoms with van der Waals surface area (Å²) in [7, 11) is 1.30. The summed E-state index contributed by atoms with van der Waals surface area (Å²) in [6.45, 7) is 4.00. The fourth-order valence-corrected chi connectivity index (χ4v) is 1.96. The Morgan fingerprint density at radius 2 is 2.05 bits per heavy atom. The lowest BCUT2D eigenvalue weighted by molar-refractivity contribution is -0.144. The van der Waals surface area contributed by atoms with Crippen molar-refractivity contribution in [2.24, 2.45) is 5.92 Å². The molecule has 21 heavy (non-hydrogen) atoms. The number of nitrogens with one attached hydrogen (secondary N) is 1. The molecule has 118 valence electrons. The quantitative estimate of drug-likeness (QED) is 0.819. The van der Waals surface area contributed by atoms with Gasteiger partial charge in [0, 0.05) is 6.54 Å². The molecule has 0 amide bonds. The molecular weight excluding hydrogens is 283 g/mol. The first-order valence-electron chi connectivity index (χ1n) is 6.77. The standard InChI is InChI=1S/C15H20F3NO2/c1-4-10(2)13(14(20)21-3)19-9-11-6-5-7-12(8-11)15(16,17)18/h5-8,10,13,19H,4,9H2,1-3H3. The molecule has 0 saturated carbocycles. The van der Waals surface area contributed by atoms with E-state index in [2.05, 4.69) is 5.32 Å². The highest BCUT2D eigenvalue weighted by molar-refractivity contribution is 5.75. The number of ether oxygens (including phenoxy) is 1. The van der Waals surface area contributed by atoms with Crippen LogP contribution in [-0.2, 0) is 22.3 Å². The van der Waals surface area contributed by atoms with Crippen LogP contribution < -0.4 is 5.32 Å². The highest BCUT2D eigenvalue weighted by atomic mass is 19.4. The van der Waals surface area contributed by atoms with Crippen molar-refractivity contribution in [2.75, 3.05) is 7.11 Å². The van der Waals surface area contributed by atoms with Gasteiger partial charge in [-0.3, -0.25) is 4.79 Å². The van der Waals surface area contributed by atoms with Crippen molar-refractivity contribution < 1.29 is 22.7 Å². The highest BCUT2D eigenvalue weighted by Gasteiger charge is 2.30. The third-order valence-corrected chi connectivity index (χ3v) is 3.45. The van der Waals surface area contributed by atoms with Crippen LogP contribution >= 0.6 is 0 Å². The number of carbonyl (C=O) groups is 1. The van der Waals surface area contributed by atoms with Crippen LogP contribution in [0.1, 0.15) is 31.4 Å². The van der Waals surface area contributed by atoms with Crippen LogP contribution in [0.2, 0.25) is 0 Å². The van der Waals surface area contributed by atoms with E-state index in [9.17, 15) is 18.0 Å². The number of benzene rings is 1. The predicted octanol–water partition coefficient (Wildman–Crippen LogP) is 3.38. The van der Waals surface area contributed by atoms with Crippen molar-refractivity contribution in [3.05, 3.63) is 35.4 Å². The van der Waals surface area contributed by atoms with Crippen LogP contribution in [0.3, 0.4) is 0 Å². The van der Waals surface area contributed by atoms with E-state index in [1.807, 2.05) is 13.8 Å². The summed E-state index contributed by atoms with van der Waals surface area (Å²) in [6, 6.07) is 4.52. The molecule has 2 atom stereocenters. The summed E-state index contributed by atoms with van der Waals surface area (Å²) in [5.74, 6) is -0.375. The number of rotatable bonds is 6. The Kier molecular flexibility index (Phi) is 6.20. The van der Waals surface area contributed by atoms with E-state index in [0.717, 1.165) is 18.6 Å². The third kappa shape index (κ3) is 5.04. The molecular formula is C15H20F3NO2. The molecule has 3 nitrogen and oxygen atoms in total. The average molecular weight is 303 g/mol. The molecule has 0 bridgehead atoms. The lowest BCUT2D eigenvalue weighted by atomic mass is 9.99. The first-order valence-corrected chi connectivity index (χ1v) is 6.77. The zero-order valence-electron chi connectivity index (χ0n) is 12.3. The molecule has 0 fully saturated rings. The number of hydrogen-bond acceptors (Lipinski definition) is 3. The van der Waals surface area contributed by atoms with E-state index in [-0.39, 0.29) is 12.5 Å². The fraction of sp³-hybridized carbons (Fsp3) is 0.533. The average Bonchev–Trinajstić information content (AvgIpc) is 2.46. The van der Waals surface area contributed by atoms with Crippen LogP contribution in [0.4, 0.5) is 13.2 Å². The van der Waals surface area contributed by atoms with Crippen molar-refractivity contribution in [1.29, 1.82) is 0 Å². The summed E-state index contributed by atoms with van der Waals surface area (Å²) in [5, 5.41) is 2.97. The van der Waals surface area contributed by atoms with Gasteiger partial charge >= 0.3 is 12.1 Å². The van der Waals surface area contributed by atoms with Crippen molar-refractivity contribution >= 4 is 5.97 Å². The van der Waals surface area contributed by atoms with Gasteiger partial charge in [0.05, 0.1) is 12.7 Å². The van der Waals surface area contributed by atoms with Crippen molar-refractivity contribution in [3.8, 4) is 0 Å². The molecule has 0 heterocycles. The Morgan fingerprint density at radius 1 is 1.38 bits per heavy atom. The molecule has 1 rings (SSSR count). The lowest BCUT2D eigenvalue weighted by Gasteiger charge is -2.22. The van der Waals surface area contributed by atoms with Gasteiger partial charge < -0.3 is 10.1 Å². The first kappa shape index (κ1) is 17.5. The molecule has 2 unspecified atom stereocenters. The molecule has 0 radical (unpaired) electrons. The van der Waals surface area contributed by atoms with Gasteiger partial charge in [-0.15, -0.1) is 0 Å². The minimum absolute atomic E-state index is 0.0308. The number of methoxy groups -OCH3 is 1. The predicted molar refractivity (Wildman–Crippen MR) is 73.5 cm³/mol. The SMILES string of the molecule is CCC(C)C(NCc1cccc(C(F)(F)F)c1)C(=O)OC. The van der Waals surface area contributed by atoms with Gasteiger partial charge in [0.25, 0.3) is 0 Å². The number of halogens is 3. The summed E-state index contributed by atoms with van der Waals surface area (Å²) < 4.78 is 42.6. The highest BCUT2D eigenvalue weighted by Crippen LogP contribution is 2.29. The van der Waals surface area contributed by atoms with Crippen LogP contribution in [-0.4, -0.2) is 19.1 Å². The summed E-state index contributed by atoms with van der Waals surface area (Å²) >= 11 is 0. The molecule has 0 aliphatic heterocycles. The fourth-order valence-electron chi connectivity index (χ4n) is 1.96. The van der Waals surface area contributed by atoms with Crippen molar-refractivity contribution in [2.45, 2.75) is 39.0 Å². The van der Waals surface area contributed by atoms with E-state index in [1.165, 1.54) is 13.2 Å². The molecule has 1 N–H and O–H groups in total. The molecule has 0 aliphatic rings. The van der Waals surface area contributed by atoms with Gasteiger partial charge in [0.15, 0.2) is 0 Å². The normalized spacial score (nSPS) is 14.6. The van der Waals surface area contributed by atoms with Crippen molar-refractivity contribution in [3.63, 3.8) is 0 Å². The monoisotopic (exact) mass is 303 g/mol. The van der Waals surface area contributed by atoms with E-state index in [4.69, 9.17) is 4.74 Å². The van der Waals surface area contributed by atoms with Gasteiger partial charge in [-0.1, -0.05) is 38.5 Å². The second-order valence-corrected chi connectivity index (χ2v) is 4.97. The topological polar surface area (TPSA) is 38.3 Å². The molecule has 0 saturated heterocycles. The number of carbonyl (C=O) groups excluding carboxylic acids is 1. The van der Waals surface area contributed by atoms with E-state index in [0.29, 0.717) is 5.56 Å². The van der Waals surface area contributed by atoms with E-state index < -0.39 is 23.8 Å². The Bertz CT molecular complexity index is 474. The van der Waals surface area contributed by atoms with Gasteiger partial charge in [0.2, 0.25) is 0 Å². The van der Waals surface area contributed by atoms with Gasteiger partial charge in [-0.05, 0) is 17.5 Å². The molecule has 1 aromatic carbocycles. The molecule has 6 heteroatoms. The van der Waals surface area contributed by atoms with E-state index >= 15 is 0 Å². The van der Waals surface area contributed by atoms with Gasteiger partial charge in [-0.25, -0.2) is 0 Å². The zero-order chi connectivity index (χ0) is 16.0. The summed E-state index contributed by atoms with van der Waals surface area (Å²) in [6.07, 6.45) is -3.61. The molecule has 1 aromatic rings. The Morgan fingerprint density at radius 3 is 2.57 bits per heavy atom. The van der Waals surface area contributed by atoms with Crippen molar-refractivity contribution in [1.82, 2.24) is 5.32 Å². The van der Waals surface area contributed by atoms with Crippen LogP contribution in [0, 0.1) is 5.92 Å². The minimum Gasteiger partial charge on any atom is -0.468 e. The second kappa shape index (κ2) is 7.45. The first-order chi connectivity index (χ1) is 9.79. The lowest BCUT2D eigenvalue weighted by Crippen LogP contribution is -2.42. The van der Waals surface area contributed by atoms with Crippen LogP contribution in [0.25, 0.3) is 0 Å². The number of alkyl halides is 3. The van der Waals surface area contributed by atoms with Gasteiger partial charge in [-0.2, -0.15) is 13.2 Å². The second-order valence-electron chi connectivity index (χ2n) is 4.97. The van der Waals surface area contributed by atoms with Crippen LogP contribution in [0.15, 0.2) is 24.3 Å². The zero-order valence-corrected chi connectivity index (χ0v) is 12.3. The molecule has 0 spiro atoms. The van der Waals surface area contributed by atoms with Gasteiger partial charge in [0.1, 0.15) is 6.04 Å². The molecule has 0 aromatic heterocycles. The van der Waals surface area contributed by atoms with Crippen LogP contribution in [0.5, 0.6) is 0 Å². The maximum absolute atomic E-state index is 12.6. The number of hydrogen-bond donors (Lipinski definition) is 1. The maximum Gasteiger partial charge on any atom is 0.416 e. The smallest absolute Gasteiger partial charge is 0.416 e. The minimum atomic E-state index is -4.37. The third-order valence-electron chi connectivity index (χ3n) is 3.45. The largest absolute Gasteiger partial charge is 0.468 e.